The smallest absolute Gasteiger partial charge is 0.293 e. The summed E-state index contributed by atoms with van der Waals surface area (Å²) in [6.07, 6.45) is 5.56. The molecule has 2 heterocycles. The molecule has 1 saturated heterocycles. The molecule has 0 amide bonds. The van der Waals surface area contributed by atoms with E-state index in [9.17, 15) is 10.1 Å². The number of nitro groups is 1. The normalized spacial score (nSPS) is 18.0. The molecule has 1 aromatic carbocycles. The van der Waals surface area contributed by atoms with Gasteiger partial charge in [0, 0.05) is 29.5 Å². The number of nitro benzene ring substituents is 1. The third-order valence-corrected chi connectivity index (χ3v) is 4.28. The molecule has 6 heteroatoms. The molecular weight excluding hydrogens is 334 g/mol. The van der Waals surface area contributed by atoms with Gasteiger partial charge in [-0.2, -0.15) is 0 Å². The summed E-state index contributed by atoms with van der Waals surface area (Å²) in [6, 6.07) is 9.37. The molecule has 3 rings (SSSR count). The molecule has 0 saturated carbocycles. The molecule has 0 bridgehead atoms. The van der Waals surface area contributed by atoms with E-state index in [4.69, 9.17) is 0 Å². The first-order valence-corrected chi connectivity index (χ1v) is 7.56. The van der Waals surface area contributed by atoms with Gasteiger partial charge in [-0.1, -0.05) is 15.9 Å². The molecule has 1 fully saturated rings. The van der Waals surface area contributed by atoms with Crippen LogP contribution >= 0.6 is 15.9 Å². The van der Waals surface area contributed by atoms with Crippen molar-refractivity contribution in [2.75, 3.05) is 11.4 Å². The number of nitrogens with zero attached hydrogens (tertiary/aromatic N) is 3. The molecule has 1 aliphatic rings. The molecule has 2 aromatic rings. The van der Waals surface area contributed by atoms with Crippen molar-refractivity contribution < 1.29 is 4.92 Å². The summed E-state index contributed by atoms with van der Waals surface area (Å²) in [6.45, 7) is 0.829. The van der Waals surface area contributed by atoms with E-state index in [1.807, 2.05) is 24.3 Å². The number of aromatic nitrogens is 1. The van der Waals surface area contributed by atoms with Crippen LogP contribution in [0, 0.1) is 10.1 Å². The van der Waals surface area contributed by atoms with Crippen LogP contribution in [0.5, 0.6) is 0 Å². The first kappa shape index (κ1) is 14.0. The summed E-state index contributed by atoms with van der Waals surface area (Å²) >= 11 is 3.30. The van der Waals surface area contributed by atoms with Gasteiger partial charge in [-0.25, -0.2) is 0 Å². The van der Waals surface area contributed by atoms with Crippen molar-refractivity contribution in [3.8, 4) is 0 Å². The lowest BCUT2D eigenvalue weighted by atomic mass is 10.1. The number of benzene rings is 1. The average Bonchev–Trinajstić information content (AvgIpc) is 2.97. The number of hydrogen-bond acceptors (Lipinski definition) is 4. The van der Waals surface area contributed by atoms with Crippen molar-refractivity contribution >= 4 is 27.3 Å². The zero-order valence-electron chi connectivity index (χ0n) is 11.3. The highest BCUT2D eigenvalue weighted by Gasteiger charge is 2.30. The van der Waals surface area contributed by atoms with Crippen LogP contribution < -0.4 is 4.90 Å². The van der Waals surface area contributed by atoms with Crippen molar-refractivity contribution in [1.29, 1.82) is 0 Å². The minimum absolute atomic E-state index is 0.144. The van der Waals surface area contributed by atoms with E-state index in [0.717, 1.165) is 29.4 Å². The van der Waals surface area contributed by atoms with Crippen molar-refractivity contribution in [1.82, 2.24) is 4.98 Å². The quantitative estimate of drug-likeness (QED) is 0.619. The van der Waals surface area contributed by atoms with E-state index in [0.29, 0.717) is 5.69 Å². The maximum atomic E-state index is 11.3. The van der Waals surface area contributed by atoms with Gasteiger partial charge >= 0.3 is 0 Å². The summed E-state index contributed by atoms with van der Waals surface area (Å²) in [7, 11) is 0. The van der Waals surface area contributed by atoms with Gasteiger partial charge < -0.3 is 4.90 Å². The largest absolute Gasteiger partial charge is 0.359 e. The van der Waals surface area contributed by atoms with E-state index < -0.39 is 0 Å². The fraction of sp³-hybridized carbons (Fsp3) is 0.267. The van der Waals surface area contributed by atoms with Crippen molar-refractivity contribution in [2.24, 2.45) is 0 Å². The summed E-state index contributed by atoms with van der Waals surface area (Å²) in [4.78, 5) is 17.2. The Morgan fingerprint density at radius 1 is 1.29 bits per heavy atom. The van der Waals surface area contributed by atoms with E-state index >= 15 is 0 Å². The highest BCUT2D eigenvalue weighted by Crippen LogP contribution is 2.41. The van der Waals surface area contributed by atoms with Crippen LogP contribution in [0.25, 0.3) is 0 Å². The minimum atomic E-state index is -0.317. The second-order valence-electron chi connectivity index (χ2n) is 5.02. The molecule has 108 valence electrons. The fourth-order valence-corrected chi connectivity index (χ4v) is 3.22. The maximum Gasteiger partial charge on any atom is 0.293 e. The SMILES string of the molecule is O=[N+]([O-])c1cc(Br)ccc1N1CCCC1c1ccncc1. The van der Waals surface area contributed by atoms with Crippen LogP contribution in [0.3, 0.4) is 0 Å². The van der Waals surface area contributed by atoms with E-state index in [2.05, 4.69) is 25.8 Å². The highest BCUT2D eigenvalue weighted by atomic mass is 79.9. The third-order valence-electron chi connectivity index (χ3n) is 3.79. The van der Waals surface area contributed by atoms with Gasteiger partial charge in [-0.15, -0.1) is 0 Å². The summed E-state index contributed by atoms with van der Waals surface area (Å²) in [5.74, 6) is 0. The molecule has 1 atom stereocenters. The Bertz CT molecular complexity index is 663. The van der Waals surface area contributed by atoms with Gasteiger partial charge in [0.1, 0.15) is 5.69 Å². The lowest BCUT2D eigenvalue weighted by Crippen LogP contribution is -2.23. The number of hydrogen-bond donors (Lipinski definition) is 0. The monoisotopic (exact) mass is 347 g/mol. The first-order valence-electron chi connectivity index (χ1n) is 6.77. The minimum Gasteiger partial charge on any atom is -0.359 e. The Labute approximate surface area is 130 Å². The van der Waals surface area contributed by atoms with Crippen LogP contribution in [-0.2, 0) is 0 Å². The van der Waals surface area contributed by atoms with Crippen LogP contribution in [0.2, 0.25) is 0 Å². The predicted octanol–water partition coefficient (Wildman–Crippen LogP) is 4.09. The molecule has 5 nitrogen and oxygen atoms in total. The molecule has 1 aromatic heterocycles. The van der Waals surface area contributed by atoms with E-state index in [1.54, 1.807) is 18.5 Å². The highest BCUT2D eigenvalue weighted by molar-refractivity contribution is 9.10. The summed E-state index contributed by atoms with van der Waals surface area (Å²) in [5.41, 5.74) is 1.98. The topological polar surface area (TPSA) is 59.3 Å². The number of anilines is 1. The Hall–Kier alpha value is -1.95. The average molecular weight is 348 g/mol. The second kappa shape index (κ2) is 5.81. The predicted molar refractivity (Wildman–Crippen MR) is 84.4 cm³/mol. The molecular formula is C15H14BrN3O2. The van der Waals surface area contributed by atoms with Gasteiger partial charge in [-0.3, -0.25) is 15.1 Å². The molecule has 1 aliphatic heterocycles. The van der Waals surface area contributed by atoms with Gasteiger partial charge in [-0.05, 0) is 42.7 Å². The lowest BCUT2D eigenvalue weighted by molar-refractivity contribution is -0.384. The lowest BCUT2D eigenvalue weighted by Gasteiger charge is -2.26. The molecule has 0 aliphatic carbocycles. The fourth-order valence-electron chi connectivity index (χ4n) is 2.87. The Morgan fingerprint density at radius 3 is 2.76 bits per heavy atom. The zero-order chi connectivity index (χ0) is 14.8. The third kappa shape index (κ3) is 2.76. The van der Waals surface area contributed by atoms with Gasteiger partial charge in [0.05, 0.1) is 11.0 Å². The molecule has 0 radical (unpaired) electrons. The van der Waals surface area contributed by atoms with Crippen LogP contribution in [-0.4, -0.2) is 16.5 Å². The standard InChI is InChI=1S/C15H14BrN3O2/c16-12-3-4-14(15(10-12)19(20)21)18-9-1-2-13(18)11-5-7-17-8-6-11/h3-8,10,13H,1-2,9H2. The van der Waals surface area contributed by atoms with E-state index in [-0.39, 0.29) is 16.7 Å². The molecule has 21 heavy (non-hydrogen) atoms. The summed E-state index contributed by atoms with van der Waals surface area (Å²) in [5, 5.41) is 11.3. The number of halogens is 1. The van der Waals surface area contributed by atoms with Crippen molar-refractivity contribution in [3.05, 3.63) is 62.9 Å². The number of pyridine rings is 1. The second-order valence-corrected chi connectivity index (χ2v) is 5.94. The molecule has 1 unspecified atom stereocenters. The Kier molecular flexibility index (Phi) is 3.88. The van der Waals surface area contributed by atoms with Crippen LogP contribution in [0.1, 0.15) is 24.4 Å². The Balaban J connectivity index is 2.01. The van der Waals surface area contributed by atoms with Gasteiger partial charge in [0.2, 0.25) is 0 Å². The first-order chi connectivity index (χ1) is 10.2. The van der Waals surface area contributed by atoms with Crippen LogP contribution in [0.15, 0.2) is 47.2 Å². The molecule has 0 N–H and O–H groups in total. The zero-order valence-corrected chi connectivity index (χ0v) is 12.9. The van der Waals surface area contributed by atoms with Crippen LogP contribution in [0.4, 0.5) is 11.4 Å². The van der Waals surface area contributed by atoms with Gasteiger partial charge in [0.15, 0.2) is 0 Å². The molecule has 0 spiro atoms. The van der Waals surface area contributed by atoms with Gasteiger partial charge in [0.25, 0.3) is 5.69 Å². The van der Waals surface area contributed by atoms with Crippen molar-refractivity contribution in [2.45, 2.75) is 18.9 Å². The maximum absolute atomic E-state index is 11.3. The summed E-state index contributed by atoms with van der Waals surface area (Å²) < 4.78 is 0.720. The van der Waals surface area contributed by atoms with E-state index in [1.165, 1.54) is 0 Å². The number of rotatable bonds is 3. The van der Waals surface area contributed by atoms with Crippen molar-refractivity contribution in [3.63, 3.8) is 0 Å². The Morgan fingerprint density at radius 2 is 2.05 bits per heavy atom.